The Bertz CT molecular complexity index is 283. The molecule has 0 radical (unpaired) electrons. The Morgan fingerprint density at radius 2 is 2.54 bits per heavy atom. The van der Waals surface area contributed by atoms with Crippen molar-refractivity contribution in [3.63, 3.8) is 0 Å². The van der Waals surface area contributed by atoms with Gasteiger partial charge in [-0.2, -0.15) is 0 Å². The molecule has 1 saturated carbocycles. The van der Waals surface area contributed by atoms with Crippen molar-refractivity contribution in [2.45, 2.75) is 12.8 Å². The molecule has 0 atom stereocenters. The molecule has 0 spiro atoms. The maximum absolute atomic E-state index is 11.2. The van der Waals surface area contributed by atoms with Gasteiger partial charge < -0.3 is 5.32 Å². The summed E-state index contributed by atoms with van der Waals surface area (Å²) in [6.07, 6.45) is 4.01. The lowest BCUT2D eigenvalue weighted by Crippen LogP contribution is -2.29. The van der Waals surface area contributed by atoms with Crippen molar-refractivity contribution in [3.8, 4) is 0 Å². The summed E-state index contributed by atoms with van der Waals surface area (Å²) >= 11 is 1.17. The van der Waals surface area contributed by atoms with Crippen LogP contribution in [0.15, 0.2) is 6.20 Å². The average Bonchev–Trinajstić information content (AvgIpc) is 2.82. The largest absolute Gasteiger partial charge is 0.338 e. The van der Waals surface area contributed by atoms with E-state index in [4.69, 9.17) is 0 Å². The molecule has 1 aliphatic carbocycles. The summed E-state index contributed by atoms with van der Waals surface area (Å²) in [7, 11) is 0. The van der Waals surface area contributed by atoms with E-state index in [0.29, 0.717) is 10.9 Å². The van der Waals surface area contributed by atoms with Gasteiger partial charge in [0.15, 0.2) is 0 Å². The number of urea groups is 1. The molecular formula is C7H10N4OS. The number of hydrogen-bond acceptors (Lipinski definition) is 4. The van der Waals surface area contributed by atoms with E-state index in [9.17, 15) is 4.79 Å². The molecule has 6 heteroatoms. The van der Waals surface area contributed by atoms with Crippen LogP contribution in [0, 0.1) is 5.92 Å². The second-order valence-corrected chi connectivity index (χ2v) is 3.85. The minimum atomic E-state index is -0.169. The number of rotatable bonds is 3. The van der Waals surface area contributed by atoms with Gasteiger partial charge in [-0.25, -0.2) is 4.79 Å². The Hall–Kier alpha value is -1.17. The first-order chi connectivity index (χ1) is 6.34. The number of hydrogen-bond donors (Lipinski definition) is 2. The van der Waals surface area contributed by atoms with Gasteiger partial charge in [-0.15, -0.1) is 5.10 Å². The molecule has 70 valence electrons. The zero-order valence-corrected chi connectivity index (χ0v) is 7.80. The lowest BCUT2D eigenvalue weighted by Gasteiger charge is -2.02. The Kier molecular flexibility index (Phi) is 2.40. The fraction of sp³-hybridized carbons (Fsp3) is 0.571. The van der Waals surface area contributed by atoms with E-state index in [-0.39, 0.29) is 6.03 Å². The van der Waals surface area contributed by atoms with Crippen molar-refractivity contribution >= 4 is 22.6 Å². The summed E-state index contributed by atoms with van der Waals surface area (Å²) in [4.78, 5) is 11.2. The molecule has 5 nitrogen and oxygen atoms in total. The van der Waals surface area contributed by atoms with Crippen molar-refractivity contribution in [2.24, 2.45) is 5.92 Å². The van der Waals surface area contributed by atoms with Crippen LogP contribution in [0.4, 0.5) is 9.80 Å². The van der Waals surface area contributed by atoms with E-state index in [1.807, 2.05) is 0 Å². The summed E-state index contributed by atoms with van der Waals surface area (Å²) < 4.78 is 3.63. The lowest BCUT2D eigenvalue weighted by atomic mass is 10.4. The first-order valence-corrected chi connectivity index (χ1v) is 4.94. The molecule has 1 heterocycles. The van der Waals surface area contributed by atoms with Crippen LogP contribution in [0.5, 0.6) is 0 Å². The molecule has 1 aliphatic rings. The molecule has 1 fully saturated rings. The van der Waals surface area contributed by atoms with Gasteiger partial charge in [0.25, 0.3) is 0 Å². The maximum Gasteiger partial charge on any atom is 0.319 e. The van der Waals surface area contributed by atoms with Gasteiger partial charge in [0.2, 0.25) is 0 Å². The van der Waals surface area contributed by atoms with Crippen molar-refractivity contribution in [1.29, 1.82) is 0 Å². The Balaban J connectivity index is 1.71. The number of carbonyl (C=O) groups is 1. The summed E-state index contributed by atoms with van der Waals surface area (Å²) in [6, 6.07) is -0.169. The molecule has 1 aromatic heterocycles. The summed E-state index contributed by atoms with van der Waals surface area (Å²) in [5.41, 5.74) is 0. The molecule has 2 amide bonds. The zero-order chi connectivity index (χ0) is 9.10. The quantitative estimate of drug-likeness (QED) is 0.763. The van der Waals surface area contributed by atoms with Crippen molar-refractivity contribution in [1.82, 2.24) is 14.9 Å². The molecule has 13 heavy (non-hydrogen) atoms. The van der Waals surface area contributed by atoms with Gasteiger partial charge in [0.1, 0.15) is 5.00 Å². The second kappa shape index (κ2) is 3.69. The highest BCUT2D eigenvalue weighted by molar-refractivity contribution is 7.10. The summed E-state index contributed by atoms with van der Waals surface area (Å²) in [5.74, 6) is 0.699. The fourth-order valence-corrected chi connectivity index (χ4v) is 1.35. The molecule has 0 bridgehead atoms. The first-order valence-electron chi connectivity index (χ1n) is 4.17. The molecule has 2 rings (SSSR count). The van der Waals surface area contributed by atoms with Crippen LogP contribution < -0.4 is 10.6 Å². The molecule has 1 aromatic rings. The predicted octanol–water partition coefficient (Wildman–Crippen LogP) is 1.07. The van der Waals surface area contributed by atoms with E-state index in [0.717, 1.165) is 6.54 Å². The Morgan fingerprint density at radius 1 is 1.69 bits per heavy atom. The summed E-state index contributed by atoms with van der Waals surface area (Å²) in [6.45, 7) is 0.776. The third-order valence-corrected chi connectivity index (χ3v) is 2.43. The highest BCUT2D eigenvalue weighted by Crippen LogP contribution is 2.27. The normalized spacial score (nSPS) is 15.4. The Morgan fingerprint density at radius 3 is 3.15 bits per heavy atom. The van der Waals surface area contributed by atoms with Gasteiger partial charge in [0.05, 0.1) is 6.20 Å². The average molecular weight is 198 g/mol. The van der Waals surface area contributed by atoms with Crippen LogP contribution >= 0.6 is 11.5 Å². The SMILES string of the molecule is O=C(NCC1CC1)Nc1cnns1. The fourth-order valence-electron chi connectivity index (χ4n) is 0.937. The van der Waals surface area contributed by atoms with Crippen LogP contribution in [-0.4, -0.2) is 22.2 Å². The van der Waals surface area contributed by atoms with Crippen molar-refractivity contribution in [3.05, 3.63) is 6.20 Å². The molecule has 0 aromatic carbocycles. The van der Waals surface area contributed by atoms with E-state index in [2.05, 4.69) is 20.2 Å². The van der Waals surface area contributed by atoms with Crippen LogP contribution in [0.3, 0.4) is 0 Å². The van der Waals surface area contributed by atoms with E-state index >= 15 is 0 Å². The van der Waals surface area contributed by atoms with Crippen molar-refractivity contribution < 1.29 is 4.79 Å². The number of nitrogens with one attached hydrogen (secondary N) is 2. The van der Waals surface area contributed by atoms with Gasteiger partial charge in [-0.3, -0.25) is 5.32 Å². The number of aromatic nitrogens is 2. The Labute approximate surface area is 79.7 Å². The predicted molar refractivity (Wildman–Crippen MR) is 49.7 cm³/mol. The summed E-state index contributed by atoms with van der Waals surface area (Å²) in [5, 5.41) is 9.72. The molecular weight excluding hydrogens is 188 g/mol. The highest BCUT2D eigenvalue weighted by atomic mass is 32.1. The number of nitrogens with zero attached hydrogens (tertiary/aromatic N) is 2. The zero-order valence-electron chi connectivity index (χ0n) is 6.99. The van der Waals surface area contributed by atoms with Crippen LogP contribution in [0.1, 0.15) is 12.8 Å². The molecule has 2 N–H and O–H groups in total. The third kappa shape index (κ3) is 2.66. The lowest BCUT2D eigenvalue weighted by molar-refractivity contribution is 0.251. The topological polar surface area (TPSA) is 66.9 Å². The minimum absolute atomic E-state index is 0.169. The molecule has 0 aliphatic heterocycles. The highest BCUT2D eigenvalue weighted by Gasteiger charge is 2.21. The standard InChI is InChI=1S/C7H10N4OS/c12-7(8-3-5-1-2-5)10-6-4-9-11-13-6/h4-5H,1-3H2,(H2,8,10,12). The van der Waals surface area contributed by atoms with Crippen molar-refractivity contribution in [2.75, 3.05) is 11.9 Å². The van der Waals surface area contributed by atoms with Crippen LogP contribution in [0.25, 0.3) is 0 Å². The number of amides is 2. The van der Waals surface area contributed by atoms with Gasteiger partial charge in [-0.1, -0.05) is 4.49 Å². The first kappa shape index (κ1) is 8.43. The smallest absolute Gasteiger partial charge is 0.319 e. The van der Waals surface area contributed by atoms with E-state index in [1.54, 1.807) is 0 Å². The molecule has 0 unspecified atom stereocenters. The molecule has 0 saturated heterocycles. The maximum atomic E-state index is 11.2. The van der Waals surface area contributed by atoms with E-state index in [1.165, 1.54) is 30.6 Å². The van der Waals surface area contributed by atoms with Gasteiger partial charge >= 0.3 is 6.03 Å². The van der Waals surface area contributed by atoms with Gasteiger partial charge in [0, 0.05) is 18.1 Å². The van der Waals surface area contributed by atoms with Crippen LogP contribution in [-0.2, 0) is 0 Å². The third-order valence-electron chi connectivity index (χ3n) is 1.85. The second-order valence-electron chi connectivity index (χ2n) is 3.06. The number of anilines is 1. The van der Waals surface area contributed by atoms with Crippen LogP contribution in [0.2, 0.25) is 0 Å². The van der Waals surface area contributed by atoms with E-state index < -0.39 is 0 Å². The minimum Gasteiger partial charge on any atom is -0.338 e. The number of carbonyl (C=O) groups excluding carboxylic acids is 1. The van der Waals surface area contributed by atoms with Gasteiger partial charge in [-0.05, 0) is 18.8 Å². The monoisotopic (exact) mass is 198 g/mol.